The standard InChI is InChI=1S/C9H15N3O2S2/c1-15-5-4-12-7-2-3-9(8(10)6-7)16(11,13)14/h2-3,6,12H,4-5,10H2,1H3,(H2,11,13,14). The van der Waals surface area contributed by atoms with Crippen LogP contribution in [0.15, 0.2) is 23.1 Å². The van der Waals surface area contributed by atoms with Gasteiger partial charge < -0.3 is 11.1 Å². The van der Waals surface area contributed by atoms with Gasteiger partial charge in [-0.25, -0.2) is 13.6 Å². The zero-order valence-electron chi connectivity index (χ0n) is 8.93. The molecular weight excluding hydrogens is 246 g/mol. The van der Waals surface area contributed by atoms with Crippen molar-refractivity contribution < 1.29 is 8.42 Å². The van der Waals surface area contributed by atoms with Gasteiger partial charge in [0.25, 0.3) is 0 Å². The number of sulfonamides is 1. The Morgan fingerprint density at radius 2 is 2.12 bits per heavy atom. The van der Waals surface area contributed by atoms with Gasteiger partial charge in [-0.05, 0) is 24.5 Å². The number of nitrogen functional groups attached to an aromatic ring is 1. The SMILES string of the molecule is CSCCNc1ccc(S(N)(=O)=O)c(N)c1. The Morgan fingerprint density at radius 1 is 1.44 bits per heavy atom. The van der Waals surface area contributed by atoms with Gasteiger partial charge in [-0.2, -0.15) is 11.8 Å². The van der Waals surface area contributed by atoms with E-state index in [1.165, 1.54) is 6.07 Å². The number of primary sulfonamides is 1. The molecule has 0 radical (unpaired) electrons. The Bertz CT molecular complexity index is 460. The van der Waals surface area contributed by atoms with Crippen molar-refractivity contribution in [1.82, 2.24) is 0 Å². The summed E-state index contributed by atoms with van der Waals surface area (Å²) in [5.74, 6) is 0.969. The second-order valence-electron chi connectivity index (χ2n) is 3.22. The molecule has 0 aromatic heterocycles. The summed E-state index contributed by atoms with van der Waals surface area (Å²) in [6.45, 7) is 0.801. The lowest BCUT2D eigenvalue weighted by Gasteiger charge is -2.08. The number of nitrogens with two attached hydrogens (primary N) is 2. The van der Waals surface area contributed by atoms with E-state index >= 15 is 0 Å². The maximum Gasteiger partial charge on any atom is 0.240 e. The van der Waals surface area contributed by atoms with Gasteiger partial charge in [0.1, 0.15) is 4.90 Å². The minimum absolute atomic E-state index is 0.0390. The molecule has 5 nitrogen and oxygen atoms in total. The van der Waals surface area contributed by atoms with Crippen molar-refractivity contribution in [2.24, 2.45) is 5.14 Å². The molecule has 16 heavy (non-hydrogen) atoms. The van der Waals surface area contributed by atoms with Crippen LogP contribution in [0.3, 0.4) is 0 Å². The molecule has 0 amide bonds. The van der Waals surface area contributed by atoms with E-state index in [1.807, 2.05) is 6.26 Å². The molecule has 0 fully saturated rings. The first-order valence-corrected chi connectivity index (χ1v) is 7.54. The van der Waals surface area contributed by atoms with Gasteiger partial charge in [-0.1, -0.05) is 0 Å². The molecule has 1 rings (SSSR count). The van der Waals surface area contributed by atoms with Crippen LogP contribution in [-0.2, 0) is 10.0 Å². The van der Waals surface area contributed by atoms with Crippen LogP contribution >= 0.6 is 11.8 Å². The maximum absolute atomic E-state index is 11.1. The first-order chi connectivity index (χ1) is 7.45. The predicted octanol–water partition coefficient (Wildman–Crippen LogP) is 0.691. The number of benzene rings is 1. The number of hydrogen-bond acceptors (Lipinski definition) is 5. The van der Waals surface area contributed by atoms with E-state index in [0.717, 1.165) is 18.0 Å². The highest BCUT2D eigenvalue weighted by Gasteiger charge is 2.11. The summed E-state index contributed by atoms with van der Waals surface area (Å²) in [5, 5.41) is 8.13. The highest BCUT2D eigenvalue weighted by atomic mass is 32.2. The largest absolute Gasteiger partial charge is 0.398 e. The molecule has 0 saturated carbocycles. The van der Waals surface area contributed by atoms with Crippen molar-refractivity contribution in [1.29, 1.82) is 0 Å². The van der Waals surface area contributed by atoms with Gasteiger partial charge in [0.15, 0.2) is 0 Å². The molecule has 1 aromatic rings. The third-order valence-electron chi connectivity index (χ3n) is 1.95. The average Bonchev–Trinajstić information content (AvgIpc) is 2.16. The molecule has 0 aliphatic heterocycles. The van der Waals surface area contributed by atoms with Crippen molar-refractivity contribution in [3.8, 4) is 0 Å². The Morgan fingerprint density at radius 3 is 2.62 bits per heavy atom. The van der Waals surface area contributed by atoms with Gasteiger partial charge in [0.05, 0.1) is 5.69 Å². The molecule has 7 heteroatoms. The van der Waals surface area contributed by atoms with Crippen LogP contribution in [0.4, 0.5) is 11.4 Å². The van der Waals surface area contributed by atoms with E-state index in [1.54, 1.807) is 23.9 Å². The van der Waals surface area contributed by atoms with E-state index in [-0.39, 0.29) is 10.6 Å². The van der Waals surface area contributed by atoms with Crippen molar-refractivity contribution in [2.75, 3.05) is 29.6 Å². The van der Waals surface area contributed by atoms with Crippen LogP contribution in [0.5, 0.6) is 0 Å². The van der Waals surface area contributed by atoms with Gasteiger partial charge >= 0.3 is 0 Å². The Hall–Kier alpha value is -0.920. The van der Waals surface area contributed by atoms with E-state index in [4.69, 9.17) is 10.9 Å². The predicted molar refractivity (Wildman–Crippen MR) is 69.1 cm³/mol. The number of rotatable bonds is 5. The molecule has 0 saturated heterocycles. The van der Waals surface area contributed by atoms with Gasteiger partial charge in [-0.3, -0.25) is 0 Å². The Kier molecular flexibility index (Phi) is 4.45. The third-order valence-corrected chi connectivity index (χ3v) is 3.55. The third kappa shape index (κ3) is 3.58. The topological polar surface area (TPSA) is 98.2 Å². The fourth-order valence-corrected chi connectivity index (χ4v) is 2.17. The first-order valence-electron chi connectivity index (χ1n) is 4.60. The van der Waals surface area contributed by atoms with Crippen molar-refractivity contribution in [3.05, 3.63) is 18.2 Å². The minimum atomic E-state index is -3.73. The van der Waals surface area contributed by atoms with E-state index in [0.29, 0.717) is 0 Å². The summed E-state index contributed by atoms with van der Waals surface area (Å²) in [6, 6.07) is 4.63. The molecule has 0 spiro atoms. The lowest BCUT2D eigenvalue weighted by molar-refractivity contribution is 0.598. The molecular formula is C9H15N3O2S2. The normalized spacial score (nSPS) is 11.4. The number of hydrogen-bond donors (Lipinski definition) is 3. The first kappa shape index (κ1) is 13.1. The van der Waals surface area contributed by atoms with Crippen LogP contribution in [-0.4, -0.2) is 27.0 Å². The summed E-state index contributed by atoms with van der Waals surface area (Å²) in [6.07, 6.45) is 2.01. The Balaban J connectivity index is 2.83. The lowest BCUT2D eigenvalue weighted by Crippen LogP contribution is -2.14. The summed E-state index contributed by atoms with van der Waals surface area (Å²) >= 11 is 1.72. The molecule has 0 bridgehead atoms. The highest BCUT2D eigenvalue weighted by molar-refractivity contribution is 7.98. The van der Waals surface area contributed by atoms with Crippen LogP contribution < -0.4 is 16.2 Å². The highest BCUT2D eigenvalue weighted by Crippen LogP contribution is 2.21. The zero-order chi connectivity index (χ0) is 12.2. The maximum atomic E-state index is 11.1. The number of thioether (sulfide) groups is 1. The van der Waals surface area contributed by atoms with E-state index < -0.39 is 10.0 Å². The molecule has 0 aliphatic rings. The molecule has 0 aliphatic carbocycles. The fourth-order valence-electron chi connectivity index (χ4n) is 1.21. The molecule has 5 N–H and O–H groups in total. The Labute approximate surface area is 99.6 Å². The number of nitrogens with one attached hydrogen (secondary N) is 1. The van der Waals surface area contributed by atoms with Gasteiger partial charge in [0, 0.05) is 18.0 Å². The summed E-state index contributed by atoms with van der Waals surface area (Å²) in [4.78, 5) is -0.0390. The van der Waals surface area contributed by atoms with E-state index in [9.17, 15) is 8.42 Å². The zero-order valence-corrected chi connectivity index (χ0v) is 10.6. The van der Waals surface area contributed by atoms with Crippen molar-refractivity contribution in [3.63, 3.8) is 0 Å². The molecule has 0 heterocycles. The second-order valence-corrected chi connectivity index (χ2v) is 5.73. The van der Waals surface area contributed by atoms with Crippen molar-refractivity contribution >= 4 is 33.2 Å². The average molecular weight is 261 g/mol. The van der Waals surface area contributed by atoms with Crippen LogP contribution in [0.2, 0.25) is 0 Å². The monoisotopic (exact) mass is 261 g/mol. The molecule has 1 aromatic carbocycles. The second kappa shape index (κ2) is 5.42. The van der Waals surface area contributed by atoms with Crippen molar-refractivity contribution in [2.45, 2.75) is 4.90 Å². The quantitative estimate of drug-likeness (QED) is 0.535. The summed E-state index contributed by atoms with van der Waals surface area (Å²) in [5.41, 5.74) is 6.56. The molecule has 0 unspecified atom stereocenters. The lowest BCUT2D eigenvalue weighted by atomic mass is 10.3. The smallest absolute Gasteiger partial charge is 0.240 e. The van der Waals surface area contributed by atoms with Gasteiger partial charge in [0.2, 0.25) is 10.0 Å². The van der Waals surface area contributed by atoms with Crippen LogP contribution in [0, 0.1) is 0 Å². The fraction of sp³-hybridized carbons (Fsp3) is 0.333. The molecule has 90 valence electrons. The minimum Gasteiger partial charge on any atom is -0.398 e. The van der Waals surface area contributed by atoms with Crippen LogP contribution in [0.25, 0.3) is 0 Å². The number of anilines is 2. The summed E-state index contributed by atoms with van der Waals surface area (Å²) < 4.78 is 22.2. The summed E-state index contributed by atoms with van der Waals surface area (Å²) in [7, 11) is -3.73. The molecule has 0 atom stereocenters. The van der Waals surface area contributed by atoms with Gasteiger partial charge in [-0.15, -0.1) is 0 Å². The van der Waals surface area contributed by atoms with Crippen LogP contribution in [0.1, 0.15) is 0 Å². The van der Waals surface area contributed by atoms with E-state index in [2.05, 4.69) is 5.32 Å².